The van der Waals surface area contributed by atoms with E-state index in [-0.39, 0.29) is 24.0 Å². The Balaban J connectivity index is 1.76. The second kappa shape index (κ2) is 9.32. The van der Waals surface area contributed by atoms with Crippen molar-refractivity contribution >= 4 is 35.1 Å². The maximum absolute atomic E-state index is 14.3. The first-order valence-corrected chi connectivity index (χ1v) is 9.51. The van der Waals surface area contributed by atoms with Gasteiger partial charge in [0, 0.05) is 23.4 Å². The average molecular weight is 471 g/mol. The van der Waals surface area contributed by atoms with E-state index in [1.807, 2.05) is 0 Å². The number of oxazole rings is 1. The molecule has 31 heavy (non-hydrogen) atoms. The Morgan fingerprint density at radius 3 is 2.45 bits per heavy atom. The zero-order valence-electron chi connectivity index (χ0n) is 15.6. The molecule has 0 radical (unpaired) electrons. The molecule has 0 saturated heterocycles. The second-order valence-electron chi connectivity index (χ2n) is 6.32. The van der Waals surface area contributed by atoms with E-state index in [4.69, 9.17) is 38.1 Å². The van der Waals surface area contributed by atoms with E-state index in [0.717, 1.165) is 12.1 Å². The highest BCUT2D eigenvalue weighted by atomic mass is 35.5. The van der Waals surface area contributed by atoms with Crippen molar-refractivity contribution in [2.45, 2.75) is 18.9 Å². The van der Waals surface area contributed by atoms with Crippen LogP contribution in [0, 0.1) is 11.6 Å². The largest absolute Gasteiger partial charge is 0.479 e. The van der Waals surface area contributed by atoms with Gasteiger partial charge in [0.15, 0.2) is 23.6 Å². The fraction of sp³-hybridized carbons (Fsp3) is 0.150. The molecule has 1 heterocycles. The summed E-state index contributed by atoms with van der Waals surface area (Å²) in [6.45, 7) is 0. The van der Waals surface area contributed by atoms with Gasteiger partial charge in [-0.3, -0.25) is 4.79 Å². The molecule has 3 N–H and O–H groups in total. The SMILES string of the molecule is NC(=O)c1c(F)ccc(OC(CCc2nc(-c3ccc(Cl)cc3)c(Cl)o2)C(=O)O)c1F. The molecule has 0 aliphatic rings. The number of carbonyl (C=O) groups is 2. The van der Waals surface area contributed by atoms with Crippen molar-refractivity contribution in [1.29, 1.82) is 0 Å². The zero-order valence-corrected chi connectivity index (χ0v) is 17.1. The Morgan fingerprint density at radius 2 is 1.84 bits per heavy atom. The summed E-state index contributed by atoms with van der Waals surface area (Å²) in [4.78, 5) is 27.0. The molecule has 0 aliphatic heterocycles. The number of halogens is 4. The summed E-state index contributed by atoms with van der Waals surface area (Å²) >= 11 is 11.9. The van der Waals surface area contributed by atoms with Crippen LogP contribution in [-0.4, -0.2) is 28.1 Å². The van der Waals surface area contributed by atoms with Gasteiger partial charge in [-0.2, -0.15) is 0 Å². The maximum Gasteiger partial charge on any atom is 0.344 e. The Bertz CT molecular complexity index is 1140. The topological polar surface area (TPSA) is 116 Å². The summed E-state index contributed by atoms with van der Waals surface area (Å²) in [5.74, 6) is -5.84. The van der Waals surface area contributed by atoms with Crippen molar-refractivity contribution in [1.82, 2.24) is 4.98 Å². The van der Waals surface area contributed by atoms with E-state index in [1.54, 1.807) is 24.3 Å². The summed E-state index contributed by atoms with van der Waals surface area (Å²) in [7, 11) is 0. The van der Waals surface area contributed by atoms with Gasteiger partial charge in [0.2, 0.25) is 5.22 Å². The Labute approximate surface area is 184 Å². The molecule has 0 saturated carbocycles. The fourth-order valence-corrected chi connectivity index (χ4v) is 3.09. The van der Waals surface area contributed by atoms with Gasteiger partial charge in [-0.1, -0.05) is 23.7 Å². The van der Waals surface area contributed by atoms with Crippen LogP contribution in [-0.2, 0) is 11.2 Å². The molecule has 1 atom stereocenters. The third-order valence-electron chi connectivity index (χ3n) is 4.21. The second-order valence-corrected chi connectivity index (χ2v) is 7.10. The summed E-state index contributed by atoms with van der Waals surface area (Å²) < 4.78 is 38.4. The average Bonchev–Trinajstić information content (AvgIpc) is 3.07. The van der Waals surface area contributed by atoms with Crippen LogP contribution in [0.2, 0.25) is 10.2 Å². The molecule has 2 aromatic carbocycles. The Morgan fingerprint density at radius 1 is 1.16 bits per heavy atom. The first-order chi connectivity index (χ1) is 14.7. The molecule has 0 bridgehead atoms. The highest BCUT2D eigenvalue weighted by Gasteiger charge is 2.26. The van der Waals surface area contributed by atoms with Gasteiger partial charge in [-0.25, -0.2) is 18.6 Å². The fourth-order valence-electron chi connectivity index (χ4n) is 2.73. The van der Waals surface area contributed by atoms with E-state index in [9.17, 15) is 23.5 Å². The molecule has 1 aromatic heterocycles. The third kappa shape index (κ3) is 5.12. The lowest BCUT2D eigenvalue weighted by atomic mass is 10.1. The molecule has 162 valence electrons. The minimum absolute atomic E-state index is 0.000736. The quantitative estimate of drug-likeness (QED) is 0.500. The van der Waals surface area contributed by atoms with Gasteiger partial charge in [0.05, 0.1) is 0 Å². The van der Waals surface area contributed by atoms with Crippen LogP contribution in [0.4, 0.5) is 8.78 Å². The van der Waals surface area contributed by atoms with Crippen LogP contribution >= 0.6 is 23.2 Å². The Hall–Kier alpha value is -3.17. The first kappa shape index (κ1) is 22.5. The third-order valence-corrected chi connectivity index (χ3v) is 4.72. The minimum Gasteiger partial charge on any atom is -0.479 e. The summed E-state index contributed by atoms with van der Waals surface area (Å²) in [5.41, 5.74) is 4.92. The number of nitrogens with two attached hydrogens (primary N) is 1. The highest BCUT2D eigenvalue weighted by molar-refractivity contribution is 6.31. The number of hydrogen-bond donors (Lipinski definition) is 2. The number of aliphatic carboxylic acids is 1. The van der Waals surface area contributed by atoms with Gasteiger partial charge in [-0.05, 0) is 35.9 Å². The van der Waals surface area contributed by atoms with Gasteiger partial charge < -0.3 is 20.0 Å². The van der Waals surface area contributed by atoms with E-state index >= 15 is 0 Å². The number of carboxylic acids is 1. The number of carboxylic acid groups (broad SMARTS) is 1. The number of carbonyl (C=O) groups excluding carboxylic acids is 1. The van der Waals surface area contributed by atoms with Gasteiger partial charge in [0.25, 0.3) is 5.91 Å². The lowest BCUT2D eigenvalue weighted by Crippen LogP contribution is -2.28. The van der Waals surface area contributed by atoms with E-state index < -0.39 is 40.9 Å². The summed E-state index contributed by atoms with van der Waals surface area (Å²) in [5, 5.41) is 9.92. The van der Waals surface area contributed by atoms with Crippen molar-refractivity contribution in [3.63, 3.8) is 0 Å². The summed E-state index contributed by atoms with van der Waals surface area (Å²) in [6.07, 6.45) is -1.75. The minimum atomic E-state index is -1.55. The van der Waals surface area contributed by atoms with E-state index in [2.05, 4.69) is 4.98 Å². The van der Waals surface area contributed by atoms with Crippen molar-refractivity contribution < 1.29 is 32.6 Å². The van der Waals surface area contributed by atoms with Crippen LogP contribution in [0.5, 0.6) is 5.75 Å². The normalized spacial score (nSPS) is 11.9. The summed E-state index contributed by atoms with van der Waals surface area (Å²) in [6, 6.07) is 8.29. The molecule has 11 heteroatoms. The molecule has 0 spiro atoms. The number of amides is 1. The number of aryl methyl sites for hydroxylation is 1. The highest BCUT2D eigenvalue weighted by Crippen LogP contribution is 2.30. The van der Waals surface area contributed by atoms with E-state index in [0.29, 0.717) is 16.3 Å². The predicted molar refractivity (Wildman–Crippen MR) is 107 cm³/mol. The van der Waals surface area contributed by atoms with Crippen molar-refractivity contribution in [3.05, 3.63) is 69.7 Å². The molecular formula is C20H14Cl2F2N2O5. The van der Waals surface area contributed by atoms with Crippen LogP contribution in [0.1, 0.15) is 22.7 Å². The standard InChI is InChI=1S/C20H14Cl2F2N2O5/c21-10-3-1-9(2-4-10)17-18(22)31-14(26-17)8-7-13(20(28)29)30-12-6-5-11(23)15(16(12)24)19(25)27/h1-6,13H,7-8H2,(H2,25,27)(H,28,29). The number of ether oxygens (including phenoxy) is 1. The molecule has 7 nitrogen and oxygen atoms in total. The number of nitrogens with zero attached hydrogens (tertiary/aromatic N) is 1. The van der Waals surface area contributed by atoms with Crippen molar-refractivity contribution in [2.24, 2.45) is 5.73 Å². The molecule has 1 amide bonds. The number of hydrogen-bond acceptors (Lipinski definition) is 5. The first-order valence-electron chi connectivity index (χ1n) is 8.75. The number of benzene rings is 2. The Kier molecular flexibility index (Phi) is 6.77. The van der Waals surface area contributed by atoms with Crippen LogP contribution in [0.3, 0.4) is 0 Å². The van der Waals surface area contributed by atoms with Crippen molar-refractivity contribution in [3.8, 4) is 17.0 Å². The van der Waals surface area contributed by atoms with Gasteiger partial charge in [0.1, 0.15) is 17.1 Å². The van der Waals surface area contributed by atoms with Crippen LogP contribution in [0.15, 0.2) is 40.8 Å². The lowest BCUT2D eigenvalue weighted by Gasteiger charge is -2.16. The number of rotatable bonds is 8. The van der Waals surface area contributed by atoms with Crippen molar-refractivity contribution in [2.75, 3.05) is 0 Å². The molecule has 1 unspecified atom stereocenters. The number of primary amides is 1. The van der Waals surface area contributed by atoms with Gasteiger partial charge >= 0.3 is 5.97 Å². The molecule has 3 rings (SSSR count). The lowest BCUT2D eigenvalue weighted by molar-refractivity contribution is -0.145. The molecule has 0 aliphatic carbocycles. The van der Waals surface area contributed by atoms with Gasteiger partial charge in [-0.15, -0.1) is 0 Å². The van der Waals surface area contributed by atoms with Crippen LogP contribution < -0.4 is 10.5 Å². The molecule has 0 fully saturated rings. The smallest absolute Gasteiger partial charge is 0.344 e. The molecule has 3 aromatic rings. The number of aromatic nitrogens is 1. The monoisotopic (exact) mass is 470 g/mol. The zero-order chi connectivity index (χ0) is 22.7. The maximum atomic E-state index is 14.3. The van der Waals surface area contributed by atoms with Crippen LogP contribution in [0.25, 0.3) is 11.3 Å². The molecular weight excluding hydrogens is 457 g/mol. The predicted octanol–water partition coefficient (Wildman–Crippen LogP) is 4.49. The van der Waals surface area contributed by atoms with E-state index in [1.165, 1.54) is 0 Å².